The lowest BCUT2D eigenvalue weighted by molar-refractivity contribution is -0.157. The first kappa shape index (κ1) is 18.9. The summed E-state index contributed by atoms with van der Waals surface area (Å²) in [5, 5.41) is 10.1. The molecular formula is C21H24O7. The number of furan rings is 1. The number of hydrogen-bond acceptors (Lipinski definition) is 7. The van der Waals surface area contributed by atoms with Crippen molar-refractivity contribution in [1.82, 2.24) is 0 Å². The summed E-state index contributed by atoms with van der Waals surface area (Å²) < 4.78 is 15.8. The number of rotatable bonds is 3. The number of ketones is 1. The number of fused-ring (bicyclic) bond motifs is 1. The fourth-order valence-electron chi connectivity index (χ4n) is 5.41. The Kier molecular flexibility index (Phi) is 4.45. The molecule has 1 aromatic rings. The summed E-state index contributed by atoms with van der Waals surface area (Å²) in [4.78, 5) is 38.9. The third kappa shape index (κ3) is 2.35. The molecule has 3 aliphatic rings. The van der Waals surface area contributed by atoms with E-state index in [1.807, 2.05) is 6.92 Å². The third-order valence-electron chi connectivity index (χ3n) is 6.84. The maximum Gasteiger partial charge on any atom is 0.318 e. The van der Waals surface area contributed by atoms with Crippen molar-refractivity contribution in [3.8, 4) is 0 Å². The first-order valence-corrected chi connectivity index (χ1v) is 9.60. The van der Waals surface area contributed by atoms with Gasteiger partial charge in [-0.2, -0.15) is 0 Å². The van der Waals surface area contributed by atoms with Crippen LogP contribution in [-0.4, -0.2) is 36.5 Å². The van der Waals surface area contributed by atoms with Crippen molar-refractivity contribution in [2.24, 2.45) is 16.7 Å². The van der Waals surface area contributed by atoms with Crippen LogP contribution >= 0.6 is 0 Å². The highest BCUT2D eigenvalue weighted by Crippen LogP contribution is 2.60. The van der Waals surface area contributed by atoms with E-state index in [2.05, 4.69) is 0 Å². The van der Waals surface area contributed by atoms with Gasteiger partial charge in [0.1, 0.15) is 11.5 Å². The van der Waals surface area contributed by atoms with Gasteiger partial charge < -0.3 is 19.0 Å². The summed E-state index contributed by atoms with van der Waals surface area (Å²) in [6.07, 6.45) is 4.58. The van der Waals surface area contributed by atoms with Crippen molar-refractivity contribution in [3.63, 3.8) is 0 Å². The summed E-state index contributed by atoms with van der Waals surface area (Å²) >= 11 is 0. The molecule has 1 spiro atoms. The molecule has 7 heteroatoms. The van der Waals surface area contributed by atoms with Crippen LogP contribution in [-0.2, 0) is 23.9 Å². The molecule has 150 valence electrons. The molecule has 2 heterocycles. The quantitative estimate of drug-likeness (QED) is 0.794. The zero-order valence-corrected chi connectivity index (χ0v) is 16.0. The molecule has 28 heavy (non-hydrogen) atoms. The number of carbonyl (C=O) groups excluding carboxylic acids is 3. The van der Waals surface area contributed by atoms with E-state index in [1.165, 1.54) is 13.4 Å². The highest BCUT2D eigenvalue weighted by molar-refractivity contribution is 6.06. The van der Waals surface area contributed by atoms with Gasteiger partial charge in [-0.05, 0) is 36.8 Å². The molecule has 1 aromatic heterocycles. The van der Waals surface area contributed by atoms with E-state index in [0.29, 0.717) is 31.3 Å². The van der Waals surface area contributed by atoms with Crippen LogP contribution in [0.1, 0.15) is 50.7 Å². The average Bonchev–Trinajstić information content (AvgIpc) is 3.34. The van der Waals surface area contributed by atoms with Crippen molar-refractivity contribution in [2.45, 2.75) is 45.1 Å². The largest absolute Gasteiger partial charge is 0.472 e. The SMILES string of the molecule is COC(=O)[C@@]1(CO)CCCC2=C1C(=O)C[C@@H](C)[C@]21C[C@@H](c2ccoc2)OC1=O. The number of esters is 2. The third-order valence-corrected chi connectivity index (χ3v) is 6.84. The van der Waals surface area contributed by atoms with E-state index in [0.717, 1.165) is 5.56 Å². The average molecular weight is 388 g/mol. The molecule has 1 saturated heterocycles. The van der Waals surface area contributed by atoms with Gasteiger partial charge in [-0.3, -0.25) is 14.4 Å². The summed E-state index contributed by atoms with van der Waals surface area (Å²) in [7, 11) is 1.25. The number of cyclic esters (lactones) is 1. The van der Waals surface area contributed by atoms with Crippen molar-refractivity contribution in [3.05, 3.63) is 35.3 Å². The van der Waals surface area contributed by atoms with Crippen molar-refractivity contribution in [1.29, 1.82) is 0 Å². The Morgan fingerprint density at radius 1 is 1.39 bits per heavy atom. The first-order valence-electron chi connectivity index (χ1n) is 9.60. The topological polar surface area (TPSA) is 103 Å². The highest BCUT2D eigenvalue weighted by Gasteiger charge is 2.62. The Labute approximate surface area is 162 Å². The van der Waals surface area contributed by atoms with E-state index in [1.54, 1.807) is 12.3 Å². The van der Waals surface area contributed by atoms with Gasteiger partial charge in [0.05, 0.1) is 31.7 Å². The molecule has 4 atom stereocenters. The van der Waals surface area contributed by atoms with Gasteiger partial charge in [0.15, 0.2) is 5.78 Å². The Bertz CT molecular complexity index is 852. The smallest absolute Gasteiger partial charge is 0.318 e. The maximum absolute atomic E-state index is 13.2. The van der Waals surface area contributed by atoms with Gasteiger partial charge in [-0.25, -0.2) is 0 Å². The number of methoxy groups -OCH3 is 1. The maximum atomic E-state index is 13.2. The lowest BCUT2D eigenvalue weighted by atomic mass is 9.54. The standard InChI is InChI=1S/C21H24O7/c1-12-8-15(23)17-14(4-3-6-20(17,11-22)18(24)26-2)21(12)9-16(28-19(21)25)13-5-7-27-10-13/h5,7,10,12,16,22H,3-4,6,8-9,11H2,1-2H3/t12-,16+,20-,21-/m1/s1. The second-order valence-electron chi connectivity index (χ2n) is 8.09. The molecule has 0 aromatic carbocycles. The van der Waals surface area contributed by atoms with Gasteiger partial charge in [-0.1, -0.05) is 6.92 Å². The van der Waals surface area contributed by atoms with Crippen LogP contribution in [0, 0.1) is 16.7 Å². The Hall–Kier alpha value is -2.41. The van der Waals surface area contributed by atoms with Crippen molar-refractivity contribution in [2.75, 3.05) is 13.7 Å². The van der Waals surface area contributed by atoms with Crippen LogP contribution in [0.4, 0.5) is 0 Å². The van der Waals surface area contributed by atoms with E-state index in [9.17, 15) is 19.5 Å². The second-order valence-corrected chi connectivity index (χ2v) is 8.09. The second kappa shape index (κ2) is 6.58. The molecule has 0 saturated carbocycles. The molecule has 1 aliphatic heterocycles. The molecule has 1 N–H and O–H groups in total. The molecule has 0 unspecified atom stereocenters. The van der Waals surface area contributed by atoms with Gasteiger partial charge in [0.25, 0.3) is 0 Å². The van der Waals surface area contributed by atoms with E-state index in [4.69, 9.17) is 13.9 Å². The van der Waals surface area contributed by atoms with Crippen LogP contribution in [0.5, 0.6) is 0 Å². The molecule has 0 radical (unpaired) electrons. The fraction of sp³-hybridized carbons (Fsp3) is 0.571. The number of hydrogen-bond donors (Lipinski definition) is 1. The van der Waals surface area contributed by atoms with Gasteiger partial charge in [-0.15, -0.1) is 0 Å². The zero-order chi connectivity index (χ0) is 20.1. The lowest BCUT2D eigenvalue weighted by Gasteiger charge is -2.46. The Morgan fingerprint density at radius 2 is 2.18 bits per heavy atom. The van der Waals surface area contributed by atoms with E-state index < -0.39 is 29.5 Å². The molecule has 2 aliphatic carbocycles. The van der Waals surface area contributed by atoms with E-state index in [-0.39, 0.29) is 29.7 Å². The van der Waals surface area contributed by atoms with Crippen molar-refractivity contribution >= 4 is 17.7 Å². The lowest BCUT2D eigenvalue weighted by Crippen LogP contribution is -2.51. The number of ether oxygens (including phenoxy) is 2. The zero-order valence-electron chi connectivity index (χ0n) is 16.0. The van der Waals surface area contributed by atoms with Crippen molar-refractivity contribution < 1.29 is 33.4 Å². The molecule has 7 nitrogen and oxygen atoms in total. The monoisotopic (exact) mass is 388 g/mol. The van der Waals surface area contributed by atoms with E-state index >= 15 is 0 Å². The normalized spacial score (nSPS) is 35.1. The number of carbonyl (C=O) groups is 3. The van der Waals surface area contributed by atoms with Crippen LogP contribution in [0.2, 0.25) is 0 Å². The molecule has 1 fully saturated rings. The van der Waals surface area contributed by atoms with Crippen LogP contribution < -0.4 is 0 Å². The highest BCUT2D eigenvalue weighted by atomic mass is 16.6. The summed E-state index contributed by atoms with van der Waals surface area (Å²) in [6.45, 7) is 1.36. The minimum absolute atomic E-state index is 0.130. The predicted octanol–water partition coefficient (Wildman–Crippen LogP) is 2.50. The van der Waals surface area contributed by atoms with Crippen LogP contribution in [0.25, 0.3) is 0 Å². The predicted molar refractivity (Wildman–Crippen MR) is 95.8 cm³/mol. The first-order chi connectivity index (χ1) is 13.4. The van der Waals surface area contributed by atoms with Crippen LogP contribution in [0.3, 0.4) is 0 Å². The Morgan fingerprint density at radius 3 is 2.82 bits per heavy atom. The summed E-state index contributed by atoms with van der Waals surface area (Å²) in [5.74, 6) is -1.44. The molecule has 0 amide bonds. The van der Waals surface area contributed by atoms with Crippen LogP contribution in [0.15, 0.2) is 34.2 Å². The minimum atomic E-state index is -1.40. The number of aliphatic hydroxyl groups excluding tert-OH is 1. The molecule has 4 rings (SSSR count). The summed E-state index contributed by atoms with van der Waals surface area (Å²) in [6, 6.07) is 1.76. The number of Topliss-reactive ketones (excluding diaryl/α,β-unsaturated/α-hetero) is 1. The Balaban J connectivity index is 1.89. The van der Waals surface area contributed by atoms with Gasteiger partial charge >= 0.3 is 11.9 Å². The minimum Gasteiger partial charge on any atom is -0.472 e. The number of aliphatic hydroxyl groups is 1. The fourth-order valence-corrected chi connectivity index (χ4v) is 5.41. The summed E-state index contributed by atoms with van der Waals surface area (Å²) in [5.41, 5.74) is -0.678. The van der Waals surface area contributed by atoms with Gasteiger partial charge in [0, 0.05) is 24.0 Å². The molecule has 0 bridgehead atoms. The van der Waals surface area contributed by atoms with Gasteiger partial charge in [0.2, 0.25) is 0 Å². The molecular weight excluding hydrogens is 364 g/mol.